The zero-order valence-electron chi connectivity index (χ0n) is 30.1. The van der Waals surface area contributed by atoms with Crippen LogP contribution in [0.15, 0.2) is 43.0 Å². The van der Waals surface area contributed by atoms with Crippen LogP contribution in [0, 0.1) is 0 Å². The molecule has 11 nitrogen and oxygen atoms in total. The van der Waals surface area contributed by atoms with Crippen LogP contribution in [0.4, 0.5) is 5.82 Å². The highest BCUT2D eigenvalue weighted by Gasteiger charge is 2.28. The lowest BCUT2D eigenvalue weighted by Crippen LogP contribution is -2.23. The zero-order valence-corrected chi connectivity index (χ0v) is 30.9. The molecule has 276 valence electrons. The van der Waals surface area contributed by atoms with Crippen LogP contribution in [0.25, 0.3) is 11.2 Å². The number of ether oxygens (including phenoxy) is 2. The van der Waals surface area contributed by atoms with Gasteiger partial charge in [-0.05, 0) is 25.3 Å². The second-order valence-electron chi connectivity index (χ2n) is 13.0. The van der Waals surface area contributed by atoms with Gasteiger partial charge in [0.1, 0.15) is 18.2 Å². The van der Waals surface area contributed by atoms with E-state index in [1.54, 1.807) is 10.9 Å². The Morgan fingerprint density at radius 2 is 1.47 bits per heavy atom. The molecule has 3 atom stereocenters. The fourth-order valence-corrected chi connectivity index (χ4v) is 7.13. The maximum absolute atomic E-state index is 13.9. The molecule has 0 amide bonds. The maximum Gasteiger partial charge on any atom is 0.356 e. The first kappa shape index (κ1) is 41.0. The van der Waals surface area contributed by atoms with Gasteiger partial charge in [-0.2, -0.15) is 0 Å². The second kappa shape index (κ2) is 24.7. The fraction of sp³-hybridized carbons (Fsp3) is 0.703. The Hall–Kier alpha value is -2.40. The van der Waals surface area contributed by atoms with Crippen molar-refractivity contribution in [3.63, 3.8) is 0 Å². The van der Waals surface area contributed by atoms with Crippen molar-refractivity contribution in [1.82, 2.24) is 19.5 Å². The summed E-state index contributed by atoms with van der Waals surface area (Å²) in [6, 6.07) is 9.52. The molecule has 3 N–H and O–H groups in total. The number of aromatic nitrogens is 4. The molecule has 0 bridgehead atoms. The topological polar surface area (TPSA) is 144 Å². The molecular weight excluding hydrogens is 641 g/mol. The molecule has 49 heavy (non-hydrogen) atoms. The van der Waals surface area contributed by atoms with Crippen LogP contribution in [0.1, 0.15) is 122 Å². The molecule has 0 saturated carbocycles. The number of fused-ring (bicyclic) bond motifs is 1. The van der Waals surface area contributed by atoms with E-state index >= 15 is 0 Å². The summed E-state index contributed by atoms with van der Waals surface area (Å²) in [6.45, 7) is 5.09. The molecule has 0 fully saturated rings. The van der Waals surface area contributed by atoms with Crippen molar-refractivity contribution in [2.45, 2.75) is 142 Å². The average molecular weight is 704 g/mol. The number of aliphatic hydroxyl groups is 1. The van der Waals surface area contributed by atoms with E-state index in [1.165, 1.54) is 89.8 Å². The molecule has 0 aliphatic carbocycles. The number of nitrogen functional groups attached to an aromatic ring is 1. The van der Waals surface area contributed by atoms with Gasteiger partial charge in [0.2, 0.25) is 0 Å². The first-order chi connectivity index (χ1) is 23.9. The van der Waals surface area contributed by atoms with Crippen LogP contribution in [-0.4, -0.2) is 63.0 Å². The van der Waals surface area contributed by atoms with Crippen LogP contribution in [-0.2, 0) is 36.2 Å². The summed E-state index contributed by atoms with van der Waals surface area (Å²) in [5.74, 6) is 0.284. The Balaban J connectivity index is 1.35. The number of rotatable bonds is 30. The van der Waals surface area contributed by atoms with Crippen molar-refractivity contribution in [1.29, 1.82) is 0 Å². The van der Waals surface area contributed by atoms with Crippen LogP contribution >= 0.6 is 7.60 Å². The van der Waals surface area contributed by atoms with Crippen LogP contribution in [0.5, 0.6) is 0 Å². The molecule has 0 aliphatic heterocycles. The summed E-state index contributed by atoms with van der Waals surface area (Å²) in [5, 5.41) is 9.71. The molecule has 12 heteroatoms. The van der Waals surface area contributed by atoms with Gasteiger partial charge in [0.25, 0.3) is 0 Å². The Morgan fingerprint density at radius 3 is 2.12 bits per heavy atom. The van der Waals surface area contributed by atoms with Gasteiger partial charge in [-0.1, -0.05) is 127 Å². The smallest absolute Gasteiger partial charge is 0.356 e. The average Bonchev–Trinajstić information content (AvgIpc) is 3.53. The number of imidazole rings is 1. The van der Waals surface area contributed by atoms with Gasteiger partial charge in [-0.15, -0.1) is 0 Å². The highest BCUT2D eigenvalue weighted by atomic mass is 31.2. The van der Waals surface area contributed by atoms with Crippen molar-refractivity contribution >= 4 is 24.6 Å². The van der Waals surface area contributed by atoms with E-state index in [2.05, 4.69) is 28.8 Å². The summed E-state index contributed by atoms with van der Waals surface area (Å²) >= 11 is 0. The summed E-state index contributed by atoms with van der Waals surface area (Å²) < 4.78 is 39.4. The number of hydrogen-bond acceptors (Lipinski definition) is 10. The van der Waals surface area contributed by atoms with Gasteiger partial charge >= 0.3 is 7.60 Å². The minimum absolute atomic E-state index is 0.0959. The number of benzene rings is 1. The van der Waals surface area contributed by atoms with Crippen LogP contribution in [0.3, 0.4) is 0 Å². The number of aliphatic hydroxyl groups excluding tert-OH is 1. The van der Waals surface area contributed by atoms with Crippen molar-refractivity contribution in [2.24, 2.45) is 0 Å². The van der Waals surface area contributed by atoms with Crippen LogP contribution in [0.2, 0.25) is 0 Å². The lowest BCUT2D eigenvalue weighted by molar-refractivity contribution is 0.0195. The second-order valence-corrected chi connectivity index (χ2v) is 15.0. The minimum Gasteiger partial charge on any atom is -0.396 e. The highest BCUT2D eigenvalue weighted by Crippen LogP contribution is 2.49. The Labute approximate surface area is 294 Å². The number of hydrogen-bond donors (Lipinski definition) is 2. The van der Waals surface area contributed by atoms with Gasteiger partial charge in [-0.3, -0.25) is 4.57 Å². The van der Waals surface area contributed by atoms with Crippen molar-refractivity contribution in [3.8, 4) is 0 Å². The largest absolute Gasteiger partial charge is 0.396 e. The third kappa shape index (κ3) is 16.9. The molecule has 3 aromatic rings. The monoisotopic (exact) mass is 703 g/mol. The van der Waals surface area contributed by atoms with Gasteiger partial charge in [0.05, 0.1) is 44.9 Å². The van der Waals surface area contributed by atoms with Gasteiger partial charge in [0, 0.05) is 6.61 Å². The molecule has 2 heterocycles. The third-order valence-electron chi connectivity index (χ3n) is 8.76. The SMILES string of the molecule is CCCCCCCCCCCCCCCCC(C)OCCOP(=O)(COC(CCO)Cn1cnc2c(N)ncnc21)OCc1ccccc1. The fourth-order valence-electron chi connectivity index (χ4n) is 5.81. The molecular formula is C37H62N5O6P. The van der Waals surface area contributed by atoms with E-state index in [4.69, 9.17) is 24.3 Å². The van der Waals surface area contributed by atoms with E-state index in [9.17, 15) is 9.67 Å². The van der Waals surface area contributed by atoms with Gasteiger partial charge < -0.3 is 33.9 Å². The Bertz CT molecular complexity index is 1310. The Kier molecular flexibility index (Phi) is 20.7. The number of anilines is 1. The first-order valence-electron chi connectivity index (χ1n) is 18.6. The molecule has 0 saturated heterocycles. The third-order valence-corrected chi connectivity index (χ3v) is 10.3. The summed E-state index contributed by atoms with van der Waals surface area (Å²) in [4.78, 5) is 12.6. The van der Waals surface area contributed by atoms with Crippen molar-refractivity contribution < 1.29 is 28.2 Å². The van der Waals surface area contributed by atoms with E-state index in [0.29, 0.717) is 30.7 Å². The number of unbranched alkanes of at least 4 members (excludes halogenated alkanes) is 13. The molecule has 0 aliphatic rings. The number of nitrogens with zero attached hydrogens (tertiary/aromatic N) is 4. The zero-order chi connectivity index (χ0) is 35.0. The van der Waals surface area contributed by atoms with Crippen molar-refractivity contribution in [2.75, 3.05) is 31.9 Å². The van der Waals surface area contributed by atoms with Gasteiger partial charge in [0.15, 0.2) is 11.5 Å². The van der Waals surface area contributed by atoms with Crippen molar-refractivity contribution in [3.05, 3.63) is 48.5 Å². The quantitative estimate of drug-likeness (QED) is 0.0510. The predicted octanol–water partition coefficient (Wildman–Crippen LogP) is 8.84. The van der Waals surface area contributed by atoms with E-state index in [0.717, 1.165) is 18.4 Å². The molecule has 0 spiro atoms. The van der Waals surface area contributed by atoms with E-state index < -0.39 is 13.7 Å². The van der Waals surface area contributed by atoms with Crippen LogP contribution < -0.4 is 5.73 Å². The Morgan fingerprint density at radius 1 is 0.816 bits per heavy atom. The standard InChI is InChI=1S/C37H62N5O6P/c1-3-4-5-6-7-8-9-10-11-12-13-14-15-17-20-32(2)45-25-26-47-49(44,48-28-33-21-18-16-19-22-33)31-46-34(23-24-43)27-42-30-41-35-36(38)39-29-40-37(35)42/h16,18-19,21-22,29-30,32,34,43H,3-15,17,20,23-28,31H2,1-2H3,(H2,38,39,40). The summed E-state index contributed by atoms with van der Waals surface area (Å²) in [5.41, 5.74) is 7.85. The highest BCUT2D eigenvalue weighted by molar-refractivity contribution is 7.53. The lowest BCUT2D eigenvalue weighted by atomic mass is 10.0. The maximum atomic E-state index is 13.9. The lowest BCUT2D eigenvalue weighted by Gasteiger charge is -2.23. The number of nitrogens with two attached hydrogens (primary N) is 1. The molecule has 2 aromatic heterocycles. The predicted molar refractivity (Wildman–Crippen MR) is 196 cm³/mol. The molecule has 3 rings (SSSR count). The summed E-state index contributed by atoms with van der Waals surface area (Å²) in [6.07, 6.45) is 22.4. The van der Waals surface area contributed by atoms with E-state index in [-0.39, 0.29) is 38.1 Å². The minimum atomic E-state index is -3.67. The summed E-state index contributed by atoms with van der Waals surface area (Å²) in [7, 11) is -3.67. The normalized spacial score (nSPS) is 14.3. The molecule has 0 radical (unpaired) electrons. The van der Waals surface area contributed by atoms with E-state index in [1.807, 2.05) is 30.3 Å². The molecule has 3 unspecified atom stereocenters. The first-order valence-corrected chi connectivity index (χ1v) is 20.3. The van der Waals surface area contributed by atoms with Gasteiger partial charge in [-0.25, -0.2) is 15.0 Å². The molecule has 1 aromatic carbocycles.